The number of rotatable bonds is 5. The van der Waals surface area contributed by atoms with Gasteiger partial charge < -0.3 is 9.73 Å². The Hall–Kier alpha value is -2.33. The molecule has 5 heteroatoms. The number of aromatic nitrogens is 1. The van der Waals surface area contributed by atoms with Crippen molar-refractivity contribution in [1.82, 2.24) is 10.3 Å². The van der Waals surface area contributed by atoms with Crippen molar-refractivity contribution < 1.29 is 4.42 Å². The molecule has 0 aliphatic heterocycles. The van der Waals surface area contributed by atoms with Crippen molar-refractivity contribution >= 4 is 34.0 Å². The molecule has 3 aromatic carbocycles. The number of fused-ring (bicyclic) bond motifs is 1. The summed E-state index contributed by atoms with van der Waals surface area (Å²) in [6, 6.07) is 20.2. The maximum Gasteiger partial charge on any atom is 0.227 e. The Kier molecular flexibility index (Phi) is 5.17. The predicted molar refractivity (Wildman–Crippen MR) is 111 cm³/mol. The number of benzene rings is 3. The normalized spacial score (nSPS) is 12.4. The van der Waals surface area contributed by atoms with Gasteiger partial charge in [-0.25, -0.2) is 4.98 Å². The van der Waals surface area contributed by atoms with Crippen molar-refractivity contribution in [1.29, 1.82) is 0 Å². The van der Waals surface area contributed by atoms with Crippen molar-refractivity contribution in [3.05, 3.63) is 88.2 Å². The molecule has 0 saturated carbocycles. The van der Waals surface area contributed by atoms with Crippen LogP contribution < -0.4 is 5.32 Å². The van der Waals surface area contributed by atoms with Crippen LogP contribution in [-0.2, 0) is 6.54 Å². The Labute approximate surface area is 167 Å². The minimum atomic E-state index is 0.176. The summed E-state index contributed by atoms with van der Waals surface area (Å²) in [5.41, 5.74) is 2.81. The van der Waals surface area contributed by atoms with Gasteiger partial charge in [0.2, 0.25) is 5.89 Å². The largest absolute Gasteiger partial charge is 0.444 e. The fourth-order valence-electron chi connectivity index (χ4n) is 3.17. The van der Waals surface area contributed by atoms with Crippen molar-refractivity contribution in [2.24, 2.45) is 0 Å². The third-order valence-electron chi connectivity index (χ3n) is 4.59. The Morgan fingerprint density at radius 3 is 2.70 bits per heavy atom. The predicted octanol–water partition coefficient (Wildman–Crippen LogP) is 6.65. The molecular formula is C22H18Cl2N2O. The standard InChI is InChI=1S/C22H18Cl2N2O/c1-14(18-8-4-6-15-5-2-3-7-19(15)18)25-12-17-13-27-22(26-17)20-10-9-16(23)11-21(20)24/h2-11,13-14,25H,12H2,1H3. The highest BCUT2D eigenvalue weighted by Crippen LogP contribution is 2.30. The first-order chi connectivity index (χ1) is 13.1. The first-order valence-electron chi connectivity index (χ1n) is 8.72. The zero-order valence-electron chi connectivity index (χ0n) is 14.7. The number of nitrogens with one attached hydrogen (secondary N) is 1. The summed E-state index contributed by atoms with van der Waals surface area (Å²) < 4.78 is 5.60. The number of halogens is 2. The molecule has 1 aromatic heterocycles. The van der Waals surface area contributed by atoms with E-state index in [1.54, 1.807) is 18.4 Å². The number of hydrogen-bond donors (Lipinski definition) is 1. The van der Waals surface area contributed by atoms with Crippen LogP contribution in [0.4, 0.5) is 0 Å². The van der Waals surface area contributed by atoms with Gasteiger partial charge in [-0.2, -0.15) is 0 Å². The summed E-state index contributed by atoms with van der Waals surface area (Å²) in [6.07, 6.45) is 1.66. The van der Waals surface area contributed by atoms with Gasteiger partial charge in [-0.05, 0) is 41.5 Å². The molecular weight excluding hydrogens is 379 g/mol. The van der Waals surface area contributed by atoms with Crippen LogP contribution in [-0.4, -0.2) is 4.98 Å². The van der Waals surface area contributed by atoms with Crippen molar-refractivity contribution in [2.75, 3.05) is 0 Å². The quantitative estimate of drug-likeness (QED) is 0.410. The van der Waals surface area contributed by atoms with Gasteiger partial charge >= 0.3 is 0 Å². The number of hydrogen-bond acceptors (Lipinski definition) is 3. The van der Waals surface area contributed by atoms with E-state index in [1.165, 1.54) is 16.3 Å². The highest BCUT2D eigenvalue weighted by molar-refractivity contribution is 6.36. The summed E-state index contributed by atoms with van der Waals surface area (Å²) >= 11 is 12.2. The molecule has 0 aliphatic carbocycles. The van der Waals surface area contributed by atoms with E-state index in [2.05, 4.69) is 59.7 Å². The second kappa shape index (κ2) is 7.73. The van der Waals surface area contributed by atoms with Gasteiger partial charge in [0.05, 0.1) is 16.3 Å². The molecule has 1 heterocycles. The van der Waals surface area contributed by atoms with Crippen LogP contribution in [0.3, 0.4) is 0 Å². The molecule has 0 saturated heterocycles. The van der Waals surface area contributed by atoms with Gasteiger partial charge in [0.25, 0.3) is 0 Å². The molecule has 0 amide bonds. The van der Waals surface area contributed by atoms with Crippen LogP contribution in [0.5, 0.6) is 0 Å². The first-order valence-corrected chi connectivity index (χ1v) is 9.48. The lowest BCUT2D eigenvalue weighted by Crippen LogP contribution is -2.18. The van der Waals surface area contributed by atoms with E-state index in [-0.39, 0.29) is 6.04 Å². The molecule has 0 aliphatic rings. The van der Waals surface area contributed by atoms with Crippen molar-refractivity contribution in [2.45, 2.75) is 19.5 Å². The molecule has 1 N–H and O–H groups in total. The second-order valence-electron chi connectivity index (χ2n) is 6.44. The summed E-state index contributed by atoms with van der Waals surface area (Å²) in [4.78, 5) is 4.54. The minimum Gasteiger partial charge on any atom is -0.444 e. The lowest BCUT2D eigenvalue weighted by molar-refractivity contribution is 0.555. The Morgan fingerprint density at radius 2 is 1.85 bits per heavy atom. The Balaban J connectivity index is 1.50. The Bertz CT molecular complexity index is 1090. The summed E-state index contributed by atoms with van der Waals surface area (Å²) in [5.74, 6) is 0.492. The maximum atomic E-state index is 6.24. The van der Waals surface area contributed by atoms with Crippen molar-refractivity contribution in [3.63, 3.8) is 0 Å². The molecule has 27 heavy (non-hydrogen) atoms. The number of nitrogens with zero attached hydrogens (tertiary/aromatic N) is 1. The van der Waals surface area contributed by atoms with E-state index in [0.717, 1.165) is 11.3 Å². The molecule has 0 radical (unpaired) electrons. The van der Waals surface area contributed by atoms with Crippen LogP contribution in [0, 0.1) is 0 Å². The van der Waals surface area contributed by atoms with Crippen LogP contribution >= 0.6 is 23.2 Å². The third-order valence-corrected chi connectivity index (χ3v) is 5.14. The smallest absolute Gasteiger partial charge is 0.227 e. The van der Waals surface area contributed by atoms with Gasteiger partial charge in [0.1, 0.15) is 6.26 Å². The summed E-state index contributed by atoms with van der Waals surface area (Å²) in [7, 11) is 0. The second-order valence-corrected chi connectivity index (χ2v) is 7.28. The molecule has 136 valence electrons. The fourth-order valence-corrected chi connectivity index (χ4v) is 3.66. The molecule has 4 rings (SSSR count). The van der Waals surface area contributed by atoms with Crippen LogP contribution in [0.25, 0.3) is 22.2 Å². The SMILES string of the molecule is CC(NCc1coc(-c2ccc(Cl)cc2Cl)n1)c1cccc2ccccc12. The average Bonchev–Trinajstić information content (AvgIpc) is 3.14. The van der Waals surface area contributed by atoms with E-state index in [0.29, 0.717) is 22.5 Å². The first kappa shape index (κ1) is 18.1. The van der Waals surface area contributed by atoms with E-state index in [4.69, 9.17) is 27.6 Å². The molecule has 0 bridgehead atoms. The lowest BCUT2D eigenvalue weighted by atomic mass is 10.00. The topological polar surface area (TPSA) is 38.1 Å². The molecule has 3 nitrogen and oxygen atoms in total. The molecule has 0 fully saturated rings. The van der Waals surface area contributed by atoms with Gasteiger partial charge in [0.15, 0.2) is 0 Å². The highest BCUT2D eigenvalue weighted by Gasteiger charge is 2.13. The van der Waals surface area contributed by atoms with Gasteiger partial charge in [-0.15, -0.1) is 0 Å². The maximum absolute atomic E-state index is 6.24. The van der Waals surface area contributed by atoms with E-state index in [9.17, 15) is 0 Å². The lowest BCUT2D eigenvalue weighted by Gasteiger charge is -2.15. The number of oxazole rings is 1. The highest BCUT2D eigenvalue weighted by atomic mass is 35.5. The molecule has 0 spiro atoms. The van der Waals surface area contributed by atoms with E-state index in [1.807, 2.05) is 6.07 Å². The van der Waals surface area contributed by atoms with Crippen LogP contribution in [0.1, 0.15) is 24.2 Å². The Morgan fingerprint density at radius 1 is 1.04 bits per heavy atom. The molecule has 1 unspecified atom stereocenters. The van der Waals surface area contributed by atoms with Crippen molar-refractivity contribution in [3.8, 4) is 11.5 Å². The fraction of sp³-hybridized carbons (Fsp3) is 0.136. The molecule has 1 atom stereocenters. The summed E-state index contributed by atoms with van der Waals surface area (Å²) in [5, 5.41) is 7.12. The van der Waals surface area contributed by atoms with Gasteiger partial charge in [0, 0.05) is 17.6 Å². The van der Waals surface area contributed by atoms with E-state index < -0.39 is 0 Å². The average molecular weight is 397 g/mol. The van der Waals surface area contributed by atoms with Gasteiger partial charge in [-0.3, -0.25) is 0 Å². The zero-order chi connectivity index (χ0) is 18.8. The van der Waals surface area contributed by atoms with E-state index >= 15 is 0 Å². The monoisotopic (exact) mass is 396 g/mol. The molecule has 4 aromatic rings. The minimum absolute atomic E-state index is 0.176. The van der Waals surface area contributed by atoms with Crippen LogP contribution in [0.2, 0.25) is 10.0 Å². The zero-order valence-corrected chi connectivity index (χ0v) is 16.3. The van der Waals surface area contributed by atoms with Gasteiger partial charge in [-0.1, -0.05) is 65.7 Å². The third kappa shape index (κ3) is 3.86. The van der Waals surface area contributed by atoms with Crippen LogP contribution in [0.15, 0.2) is 71.3 Å². The summed E-state index contributed by atoms with van der Waals surface area (Å²) in [6.45, 7) is 2.75.